The molecule has 0 aliphatic heterocycles. The molecule has 0 amide bonds. The number of carbonyl (C=O) groups is 1. The lowest BCUT2D eigenvalue weighted by Crippen LogP contribution is -1.96. The van der Waals surface area contributed by atoms with E-state index in [1.807, 2.05) is 31.2 Å². The fraction of sp³-hybridized carbons (Fsp3) is 0.231. The van der Waals surface area contributed by atoms with Gasteiger partial charge in [-0.1, -0.05) is 0 Å². The number of methoxy groups -OCH3 is 1. The topological polar surface area (TPSA) is 48.4 Å². The van der Waals surface area contributed by atoms with E-state index >= 15 is 0 Å². The molecule has 0 aliphatic rings. The van der Waals surface area contributed by atoms with E-state index in [0.717, 1.165) is 16.3 Å². The Bertz CT molecular complexity index is 533. The lowest BCUT2D eigenvalue weighted by molar-refractivity contribution is 0.0606. The SMILES string of the molecule is CCOc1ccc(-c2ncc(C(=O)OC)s2)cc1. The van der Waals surface area contributed by atoms with Crippen LogP contribution in [0, 0.1) is 0 Å². The van der Waals surface area contributed by atoms with E-state index in [0.29, 0.717) is 11.5 Å². The summed E-state index contributed by atoms with van der Waals surface area (Å²) in [5.41, 5.74) is 0.957. The van der Waals surface area contributed by atoms with Crippen molar-refractivity contribution in [3.05, 3.63) is 35.3 Å². The van der Waals surface area contributed by atoms with Gasteiger partial charge in [-0.15, -0.1) is 11.3 Å². The lowest BCUT2D eigenvalue weighted by atomic mass is 10.2. The first-order valence-corrected chi connectivity index (χ1v) is 6.33. The second kappa shape index (κ2) is 5.64. The molecule has 0 radical (unpaired) electrons. The number of esters is 1. The average Bonchev–Trinajstić information content (AvgIpc) is 2.89. The highest BCUT2D eigenvalue weighted by atomic mass is 32.1. The fourth-order valence-corrected chi connectivity index (χ4v) is 2.30. The molecule has 2 aromatic rings. The molecule has 4 nitrogen and oxygen atoms in total. The smallest absolute Gasteiger partial charge is 0.349 e. The van der Waals surface area contributed by atoms with Crippen molar-refractivity contribution in [2.45, 2.75) is 6.92 Å². The minimum absolute atomic E-state index is 0.357. The minimum Gasteiger partial charge on any atom is -0.494 e. The van der Waals surface area contributed by atoms with Crippen LogP contribution in [0.4, 0.5) is 0 Å². The van der Waals surface area contributed by atoms with Gasteiger partial charge in [0.25, 0.3) is 0 Å². The Hall–Kier alpha value is -1.88. The Morgan fingerprint density at radius 1 is 1.33 bits per heavy atom. The molecule has 1 heterocycles. The van der Waals surface area contributed by atoms with Crippen molar-refractivity contribution in [2.24, 2.45) is 0 Å². The van der Waals surface area contributed by atoms with Crippen molar-refractivity contribution >= 4 is 17.3 Å². The molecule has 0 unspecified atom stereocenters. The summed E-state index contributed by atoms with van der Waals surface area (Å²) in [6, 6.07) is 7.62. The number of carbonyl (C=O) groups excluding carboxylic acids is 1. The van der Waals surface area contributed by atoms with Gasteiger partial charge in [0.1, 0.15) is 15.6 Å². The molecule has 2 rings (SSSR count). The largest absolute Gasteiger partial charge is 0.494 e. The van der Waals surface area contributed by atoms with Gasteiger partial charge in [0.05, 0.1) is 19.9 Å². The van der Waals surface area contributed by atoms with Crippen molar-refractivity contribution in [1.82, 2.24) is 4.98 Å². The summed E-state index contributed by atoms with van der Waals surface area (Å²) >= 11 is 1.31. The van der Waals surface area contributed by atoms with E-state index < -0.39 is 0 Å². The summed E-state index contributed by atoms with van der Waals surface area (Å²) in [6.07, 6.45) is 1.53. The van der Waals surface area contributed by atoms with Gasteiger partial charge in [0.2, 0.25) is 0 Å². The van der Waals surface area contributed by atoms with Gasteiger partial charge in [0.15, 0.2) is 0 Å². The van der Waals surface area contributed by atoms with Crippen LogP contribution in [0.5, 0.6) is 5.75 Å². The summed E-state index contributed by atoms with van der Waals surface area (Å²) in [4.78, 5) is 16.0. The van der Waals surface area contributed by atoms with E-state index in [9.17, 15) is 4.79 Å². The highest BCUT2D eigenvalue weighted by Crippen LogP contribution is 2.27. The molecule has 0 N–H and O–H groups in total. The Morgan fingerprint density at radius 3 is 2.67 bits per heavy atom. The molecule has 1 aromatic carbocycles. The van der Waals surface area contributed by atoms with Crippen molar-refractivity contribution in [1.29, 1.82) is 0 Å². The van der Waals surface area contributed by atoms with E-state index in [-0.39, 0.29) is 5.97 Å². The number of hydrogen-bond acceptors (Lipinski definition) is 5. The molecule has 5 heteroatoms. The maximum absolute atomic E-state index is 11.3. The molecule has 0 spiro atoms. The standard InChI is InChI=1S/C13H13NO3S/c1-3-17-10-6-4-9(5-7-10)12-14-8-11(18-12)13(15)16-2/h4-8H,3H2,1-2H3. The van der Waals surface area contributed by atoms with Gasteiger partial charge in [-0.3, -0.25) is 0 Å². The molecule has 0 atom stereocenters. The maximum Gasteiger partial charge on any atom is 0.349 e. The van der Waals surface area contributed by atoms with Crippen LogP contribution in [0.15, 0.2) is 30.5 Å². The zero-order valence-electron chi connectivity index (χ0n) is 10.2. The first-order chi connectivity index (χ1) is 8.74. The Balaban J connectivity index is 2.20. The van der Waals surface area contributed by atoms with E-state index in [1.165, 1.54) is 24.6 Å². The van der Waals surface area contributed by atoms with Crippen LogP contribution in [0.2, 0.25) is 0 Å². The third kappa shape index (κ3) is 2.68. The molecule has 0 saturated carbocycles. The third-order valence-corrected chi connectivity index (χ3v) is 3.33. The quantitative estimate of drug-likeness (QED) is 0.796. The predicted octanol–water partition coefficient (Wildman–Crippen LogP) is 3.00. The molecule has 1 aromatic heterocycles. The molecule has 18 heavy (non-hydrogen) atoms. The van der Waals surface area contributed by atoms with Crippen LogP contribution in [-0.2, 0) is 4.74 Å². The number of ether oxygens (including phenoxy) is 2. The van der Waals surface area contributed by atoms with Gasteiger partial charge in [-0.25, -0.2) is 9.78 Å². The molecule has 0 saturated heterocycles. The molecule has 0 bridgehead atoms. The summed E-state index contributed by atoms with van der Waals surface area (Å²) in [5, 5.41) is 0.790. The number of thiazole rings is 1. The maximum atomic E-state index is 11.3. The van der Waals surface area contributed by atoms with Crippen LogP contribution in [0.3, 0.4) is 0 Å². The van der Waals surface area contributed by atoms with Crippen molar-refractivity contribution in [3.8, 4) is 16.3 Å². The summed E-state index contributed by atoms with van der Waals surface area (Å²) < 4.78 is 10.0. The zero-order chi connectivity index (χ0) is 13.0. The van der Waals surface area contributed by atoms with Gasteiger partial charge >= 0.3 is 5.97 Å². The van der Waals surface area contributed by atoms with Crippen LogP contribution >= 0.6 is 11.3 Å². The molecule has 0 aliphatic carbocycles. The minimum atomic E-state index is -0.357. The summed E-state index contributed by atoms with van der Waals surface area (Å²) in [6.45, 7) is 2.58. The van der Waals surface area contributed by atoms with E-state index in [4.69, 9.17) is 4.74 Å². The first-order valence-electron chi connectivity index (χ1n) is 5.52. The lowest BCUT2D eigenvalue weighted by Gasteiger charge is -2.02. The zero-order valence-corrected chi connectivity index (χ0v) is 11.0. The second-order valence-electron chi connectivity index (χ2n) is 3.48. The first kappa shape index (κ1) is 12.6. The second-order valence-corrected chi connectivity index (χ2v) is 4.51. The number of benzene rings is 1. The Kier molecular flexibility index (Phi) is 3.94. The normalized spacial score (nSPS) is 10.1. The van der Waals surface area contributed by atoms with Gasteiger partial charge in [-0.05, 0) is 31.2 Å². The number of nitrogens with zero attached hydrogens (tertiary/aromatic N) is 1. The summed E-state index contributed by atoms with van der Waals surface area (Å²) in [5.74, 6) is 0.468. The summed E-state index contributed by atoms with van der Waals surface area (Å²) in [7, 11) is 1.36. The van der Waals surface area contributed by atoms with E-state index in [2.05, 4.69) is 9.72 Å². The highest BCUT2D eigenvalue weighted by Gasteiger charge is 2.11. The van der Waals surface area contributed by atoms with Crippen molar-refractivity contribution < 1.29 is 14.3 Å². The molecular weight excluding hydrogens is 250 g/mol. The van der Waals surface area contributed by atoms with Gasteiger partial charge < -0.3 is 9.47 Å². The van der Waals surface area contributed by atoms with Crippen molar-refractivity contribution in [2.75, 3.05) is 13.7 Å². The number of hydrogen-bond donors (Lipinski definition) is 0. The molecule has 94 valence electrons. The monoisotopic (exact) mass is 263 g/mol. The Morgan fingerprint density at radius 2 is 2.06 bits per heavy atom. The van der Waals surface area contributed by atoms with Crippen LogP contribution in [0.25, 0.3) is 10.6 Å². The third-order valence-electron chi connectivity index (χ3n) is 2.30. The molecule has 0 fully saturated rings. The van der Waals surface area contributed by atoms with Crippen molar-refractivity contribution in [3.63, 3.8) is 0 Å². The highest BCUT2D eigenvalue weighted by molar-refractivity contribution is 7.16. The Labute approximate surface area is 109 Å². The predicted molar refractivity (Wildman–Crippen MR) is 70.1 cm³/mol. The van der Waals surface area contributed by atoms with Crippen LogP contribution in [-0.4, -0.2) is 24.7 Å². The van der Waals surface area contributed by atoms with Gasteiger partial charge in [0, 0.05) is 5.56 Å². The number of aromatic nitrogens is 1. The van der Waals surface area contributed by atoms with Crippen LogP contribution in [0.1, 0.15) is 16.6 Å². The average molecular weight is 263 g/mol. The van der Waals surface area contributed by atoms with E-state index in [1.54, 1.807) is 0 Å². The molecular formula is C13H13NO3S. The van der Waals surface area contributed by atoms with Crippen LogP contribution < -0.4 is 4.74 Å². The van der Waals surface area contributed by atoms with Gasteiger partial charge in [-0.2, -0.15) is 0 Å². The number of rotatable bonds is 4. The fourth-order valence-electron chi connectivity index (χ4n) is 1.46.